The van der Waals surface area contributed by atoms with Gasteiger partial charge in [-0.1, -0.05) is 279 Å². The fourth-order valence-electron chi connectivity index (χ4n) is 15.0. The van der Waals surface area contributed by atoms with E-state index in [-0.39, 0.29) is 0 Å². The van der Waals surface area contributed by atoms with Gasteiger partial charge < -0.3 is 4.57 Å². The maximum atomic E-state index is 10.6. The molecule has 91 heavy (non-hydrogen) atoms. The van der Waals surface area contributed by atoms with Crippen LogP contribution >= 0.6 is 0 Å². The van der Waals surface area contributed by atoms with Gasteiger partial charge in [-0.05, 0) is 96.1 Å². The third kappa shape index (κ3) is 8.37. The van der Waals surface area contributed by atoms with Crippen LogP contribution in [0.15, 0.2) is 340 Å². The van der Waals surface area contributed by atoms with Crippen LogP contribution in [0.2, 0.25) is 0 Å². The lowest BCUT2D eigenvalue weighted by molar-refractivity contribution is 0.953. The largest absolute Gasteiger partial charge is 0.309 e. The molecule has 0 aliphatic rings. The molecule has 0 amide bonds. The van der Waals surface area contributed by atoms with Gasteiger partial charge in [0.15, 0.2) is 16.1 Å². The van der Waals surface area contributed by atoms with E-state index in [9.17, 15) is 5.26 Å². The molecule has 0 fully saturated rings. The fourth-order valence-corrected chi connectivity index (χ4v) is 24.6. The average Bonchev–Trinajstić information content (AvgIpc) is 1.70. The summed E-state index contributed by atoms with van der Waals surface area (Å²) in [7, 11) is -5.91. The van der Waals surface area contributed by atoms with Gasteiger partial charge in [-0.15, -0.1) is 0 Å². The number of aromatic nitrogens is 5. The number of nitrogens with zero attached hydrogens (tertiary/aromatic N) is 6. The molecule has 17 rings (SSSR count). The predicted octanol–water partition coefficient (Wildman–Crippen LogP) is 14.1. The minimum Gasteiger partial charge on any atom is -0.309 e. The van der Waals surface area contributed by atoms with Crippen molar-refractivity contribution < 1.29 is 0 Å². The summed E-state index contributed by atoms with van der Waals surface area (Å²) in [6.45, 7) is 0. The first-order valence-corrected chi connectivity index (χ1v) is 34.9. The minimum absolute atomic E-state index is 0.547. The summed E-state index contributed by atoms with van der Waals surface area (Å²) in [6, 6.07) is 126. The molecule has 17 aromatic rings. The van der Waals surface area contributed by atoms with Crippen LogP contribution in [0.25, 0.3) is 94.1 Å². The first-order valence-electron chi connectivity index (χ1n) is 30.9. The summed E-state index contributed by atoms with van der Waals surface area (Å²) in [4.78, 5) is 11.6. The van der Waals surface area contributed by atoms with Gasteiger partial charge in [-0.25, -0.2) is 4.98 Å². The maximum Gasteiger partial charge on any atom is 0.237 e. The van der Waals surface area contributed by atoms with Crippen molar-refractivity contribution in [1.29, 1.82) is 5.26 Å². The van der Waals surface area contributed by atoms with E-state index in [1.807, 2.05) is 12.1 Å². The van der Waals surface area contributed by atoms with Crippen LogP contribution in [0, 0.1) is 11.3 Å². The Morgan fingerprint density at radius 3 is 1.21 bits per heavy atom. The molecule has 4 aromatic heterocycles. The summed E-state index contributed by atoms with van der Waals surface area (Å²) in [5, 5.41) is 27.4. The van der Waals surface area contributed by atoms with Crippen LogP contribution < -0.4 is 41.5 Å². The molecule has 0 unspecified atom stereocenters. The lowest BCUT2D eigenvalue weighted by atomic mass is 10.1. The Labute approximate surface area is 528 Å². The van der Waals surface area contributed by atoms with Crippen molar-refractivity contribution in [2.24, 2.45) is 0 Å². The van der Waals surface area contributed by atoms with Crippen molar-refractivity contribution in [3.63, 3.8) is 0 Å². The number of hydrogen-bond acceptors (Lipinski definition) is 3. The van der Waals surface area contributed by atoms with Gasteiger partial charge >= 0.3 is 0 Å². The normalized spacial score (nSPS) is 11.9. The van der Waals surface area contributed by atoms with Gasteiger partial charge in [-0.2, -0.15) is 10.2 Å². The zero-order chi connectivity index (χ0) is 60.5. The predicted molar refractivity (Wildman–Crippen MR) is 382 cm³/mol. The van der Waals surface area contributed by atoms with E-state index < -0.39 is 16.1 Å². The average molecular weight is 1190 g/mol. The number of para-hydroxylation sites is 3. The minimum atomic E-state index is -2.98. The molecule has 4 heterocycles. The number of hydrogen-bond donors (Lipinski definition) is 0. The van der Waals surface area contributed by atoms with Crippen molar-refractivity contribution in [1.82, 2.24) is 23.7 Å². The molecule has 426 valence electrons. The monoisotopic (exact) mass is 1190 g/mol. The molecule has 0 bridgehead atoms. The molecule has 0 radical (unpaired) electrons. The zero-order valence-corrected chi connectivity index (χ0v) is 51.5. The third-order valence-electron chi connectivity index (χ3n) is 18.8. The third-order valence-corrected chi connectivity index (χ3v) is 28.3. The zero-order valence-electron chi connectivity index (χ0n) is 49.5. The summed E-state index contributed by atoms with van der Waals surface area (Å²) in [5.74, 6) is 1.25. The summed E-state index contributed by atoms with van der Waals surface area (Å²) >= 11 is 0. The highest BCUT2D eigenvalue weighted by Gasteiger charge is 2.43. The van der Waals surface area contributed by atoms with Crippen LogP contribution in [0.3, 0.4) is 0 Å². The molecular formula is C83H56N6Si2. The van der Waals surface area contributed by atoms with Gasteiger partial charge in [0.05, 0.1) is 50.4 Å². The van der Waals surface area contributed by atoms with Crippen molar-refractivity contribution in [3.8, 4) is 34.8 Å². The Hall–Kier alpha value is -11.7. The van der Waals surface area contributed by atoms with Gasteiger partial charge in [-0.3, -0.25) is 9.13 Å². The summed E-state index contributed by atoms with van der Waals surface area (Å²) in [6.07, 6.45) is 0. The summed E-state index contributed by atoms with van der Waals surface area (Å²) < 4.78 is 7.04. The molecule has 0 spiro atoms. The second-order valence-corrected chi connectivity index (χ2v) is 31.1. The van der Waals surface area contributed by atoms with Gasteiger partial charge in [0.25, 0.3) is 0 Å². The molecule has 8 heteroatoms. The molecule has 0 aliphatic carbocycles. The quantitative estimate of drug-likeness (QED) is 0.0904. The second-order valence-electron chi connectivity index (χ2n) is 23.5. The molecule has 0 saturated heterocycles. The molecule has 0 saturated carbocycles. The number of nitriles is 1. The van der Waals surface area contributed by atoms with Crippen molar-refractivity contribution >= 4 is 123 Å². The highest BCUT2D eigenvalue weighted by molar-refractivity contribution is 7.20. The highest BCUT2D eigenvalue weighted by atomic mass is 28.3. The maximum absolute atomic E-state index is 10.6. The van der Waals surface area contributed by atoms with E-state index >= 15 is 0 Å². The van der Waals surface area contributed by atoms with E-state index in [4.69, 9.17) is 9.97 Å². The first kappa shape index (κ1) is 53.5. The first-order chi connectivity index (χ1) is 45.1. The van der Waals surface area contributed by atoms with E-state index in [0.29, 0.717) is 17.3 Å². The highest BCUT2D eigenvalue weighted by Crippen LogP contribution is 2.43. The molecule has 0 atom stereocenters. The van der Waals surface area contributed by atoms with Crippen LogP contribution in [0.1, 0.15) is 5.56 Å². The molecule has 0 aliphatic heterocycles. The van der Waals surface area contributed by atoms with Crippen LogP contribution in [-0.2, 0) is 0 Å². The van der Waals surface area contributed by atoms with Crippen molar-refractivity contribution in [2.45, 2.75) is 0 Å². The molecular weight excluding hydrogens is 1140 g/mol. The smallest absolute Gasteiger partial charge is 0.237 e. The van der Waals surface area contributed by atoms with E-state index in [2.05, 4.69) is 347 Å². The topological polar surface area (TPSA) is 64.4 Å². The SMILES string of the molecule is N#Cc1ccc2c(c1)c1ccc3c(c4ccccc4n3-c3cccc([Si](c4ccccc4)(c4ccccc4)c4ccccc4)c3)c1n2-c1cc(-c2cccc([Si](c3ccccc3)(c3ccccc3)c3ccccc3)c2)nc(-n2c3ccccc3c3ccccc32)n1. The Kier molecular flexibility index (Phi) is 12.8. The fraction of sp³-hybridized carbons (Fsp3) is 0. The molecule has 0 N–H and O–H groups in total. The summed E-state index contributed by atoms with van der Waals surface area (Å²) in [5.41, 5.74) is 9.47. The van der Waals surface area contributed by atoms with E-state index in [1.165, 1.54) is 41.5 Å². The Bertz CT molecular complexity index is 5410. The number of rotatable bonds is 12. The van der Waals surface area contributed by atoms with Crippen molar-refractivity contribution in [2.75, 3.05) is 0 Å². The van der Waals surface area contributed by atoms with Gasteiger partial charge in [0, 0.05) is 49.6 Å². The lowest BCUT2D eigenvalue weighted by Gasteiger charge is -2.34. The van der Waals surface area contributed by atoms with E-state index in [1.54, 1.807) is 0 Å². The second kappa shape index (κ2) is 21.8. The van der Waals surface area contributed by atoms with E-state index in [0.717, 1.165) is 82.4 Å². The number of benzene rings is 13. The van der Waals surface area contributed by atoms with Crippen LogP contribution in [0.4, 0.5) is 0 Å². The van der Waals surface area contributed by atoms with Crippen LogP contribution in [-0.4, -0.2) is 39.8 Å². The molecule has 6 nitrogen and oxygen atoms in total. The lowest BCUT2D eigenvalue weighted by Crippen LogP contribution is -2.74. The Balaban J connectivity index is 0.961. The number of fused-ring (bicyclic) bond motifs is 10. The molecule has 13 aromatic carbocycles. The Morgan fingerprint density at radius 1 is 0.286 bits per heavy atom. The Morgan fingerprint density at radius 2 is 0.703 bits per heavy atom. The van der Waals surface area contributed by atoms with Crippen LogP contribution in [0.5, 0.6) is 0 Å². The van der Waals surface area contributed by atoms with Gasteiger partial charge in [0.2, 0.25) is 5.95 Å². The standard InChI is InChI=1S/C83H56N6Si2/c84-57-58-49-51-78-73(53-58)71-50-52-79-81(72-45-21-24-48-77(72)87(79)60-28-26-42-68(55-60)91(64-35-13-4-14-36-64,65-37-15-5-16-38-65)66-39-17-6-18-40-66)82(71)89(78)80-56-74(85-83(86-80)88-75-46-22-19-43-69(75)70-44-20-23-47-76(70)88)59-27-25-41-67(54-59)90(61-29-7-1-8-30-61,62-31-9-2-10-32-62)63-33-11-3-12-34-63/h1-56H. The van der Waals surface area contributed by atoms with Gasteiger partial charge in [0.1, 0.15) is 5.82 Å². The van der Waals surface area contributed by atoms with Crippen molar-refractivity contribution in [3.05, 3.63) is 345 Å².